The van der Waals surface area contributed by atoms with E-state index in [1.807, 2.05) is 82.5 Å². The molecular formula is C35H35ClN6O2. The number of aromatic nitrogens is 4. The summed E-state index contributed by atoms with van der Waals surface area (Å²) in [6.45, 7) is 2.16. The number of benzene rings is 2. The Balaban J connectivity index is 1.04. The molecule has 0 saturated carbocycles. The van der Waals surface area contributed by atoms with Crippen LogP contribution in [0.25, 0.3) is 5.65 Å². The van der Waals surface area contributed by atoms with Crippen molar-refractivity contribution >= 4 is 28.8 Å². The van der Waals surface area contributed by atoms with Crippen molar-refractivity contribution in [3.8, 4) is 0 Å². The summed E-state index contributed by atoms with van der Waals surface area (Å²) in [4.78, 5) is 27.0. The first-order valence-electron chi connectivity index (χ1n) is 15.3. The molecule has 5 heterocycles. The molecule has 8 nitrogen and oxygen atoms in total. The molecule has 0 radical (unpaired) electrons. The first-order chi connectivity index (χ1) is 21.5. The van der Waals surface area contributed by atoms with Gasteiger partial charge in [0.2, 0.25) is 0 Å². The van der Waals surface area contributed by atoms with E-state index in [9.17, 15) is 9.90 Å². The molecular weight excluding hydrogens is 572 g/mol. The van der Waals surface area contributed by atoms with Crippen molar-refractivity contribution in [3.05, 3.63) is 124 Å². The Hall–Kier alpha value is -4.27. The normalized spacial score (nSPS) is 18.5. The fraction of sp³-hybridized carbons (Fsp3) is 0.314. The monoisotopic (exact) mass is 606 g/mol. The minimum atomic E-state index is -0.869. The van der Waals surface area contributed by atoms with E-state index < -0.39 is 5.60 Å². The molecule has 0 aliphatic carbocycles. The fourth-order valence-corrected chi connectivity index (χ4v) is 6.76. The number of amides is 1. The first-order valence-corrected chi connectivity index (χ1v) is 15.7. The second-order valence-electron chi connectivity index (χ2n) is 11.9. The molecule has 2 aliphatic heterocycles. The molecule has 44 heavy (non-hydrogen) atoms. The summed E-state index contributed by atoms with van der Waals surface area (Å²) in [5.74, 6) is 0.781. The van der Waals surface area contributed by atoms with Gasteiger partial charge >= 0.3 is 0 Å². The maximum Gasteiger partial charge on any atom is 0.254 e. The largest absolute Gasteiger partial charge is 0.385 e. The van der Waals surface area contributed by atoms with Crippen LogP contribution in [0.15, 0.2) is 91.4 Å². The van der Waals surface area contributed by atoms with Crippen LogP contribution in [-0.2, 0) is 12.0 Å². The van der Waals surface area contributed by atoms with Gasteiger partial charge in [-0.1, -0.05) is 41.9 Å². The summed E-state index contributed by atoms with van der Waals surface area (Å²) in [6, 6.07) is 23.5. The predicted molar refractivity (Wildman–Crippen MR) is 171 cm³/mol. The van der Waals surface area contributed by atoms with Crippen molar-refractivity contribution < 1.29 is 9.90 Å². The molecule has 1 amide bonds. The highest BCUT2D eigenvalue weighted by atomic mass is 35.5. The molecule has 9 heteroatoms. The molecule has 5 aromatic rings. The van der Waals surface area contributed by atoms with Crippen LogP contribution in [0.1, 0.15) is 71.0 Å². The summed E-state index contributed by atoms with van der Waals surface area (Å²) in [5, 5.41) is 16.8. The average Bonchev–Trinajstić information content (AvgIpc) is 3.48. The number of likely N-dealkylation sites (tertiary alicyclic amines) is 1. The van der Waals surface area contributed by atoms with Crippen molar-refractivity contribution in [1.29, 1.82) is 0 Å². The van der Waals surface area contributed by atoms with Gasteiger partial charge in [-0.05, 0) is 91.3 Å². The lowest BCUT2D eigenvalue weighted by atomic mass is 9.84. The van der Waals surface area contributed by atoms with E-state index in [1.165, 1.54) is 0 Å². The Bertz CT molecular complexity index is 1750. The second kappa shape index (κ2) is 12.0. The number of aliphatic hydroxyl groups is 1. The van der Waals surface area contributed by atoms with E-state index in [-0.39, 0.29) is 11.9 Å². The molecule has 2 fully saturated rings. The SMILES string of the molecule is O=C(c1ccc(Cc2nc3c(N4CCC(O)(c5ccc(Cl)cc5)CC4)cccn3n2)cc1)N1CCCCC1c1cccnc1. The van der Waals surface area contributed by atoms with Gasteiger partial charge in [0.05, 0.1) is 17.3 Å². The summed E-state index contributed by atoms with van der Waals surface area (Å²) in [5.41, 5.74) is 4.68. The van der Waals surface area contributed by atoms with Crippen LogP contribution in [0, 0.1) is 0 Å². The topological polar surface area (TPSA) is 86.9 Å². The third-order valence-electron chi connectivity index (χ3n) is 9.09. The number of halogens is 1. The minimum absolute atomic E-state index is 0.0603. The number of carbonyl (C=O) groups excluding carboxylic acids is 1. The number of nitrogens with zero attached hydrogens (tertiary/aromatic N) is 6. The van der Waals surface area contributed by atoms with Crippen molar-refractivity contribution in [1.82, 2.24) is 24.5 Å². The molecule has 1 atom stereocenters. The van der Waals surface area contributed by atoms with E-state index in [4.69, 9.17) is 21.7 Å². The summed E-state index contributed by atoms with van der Waals surface area (Å²) in [6.07, 6.45) is 10.4. The highest BCUT2D eigenvalue weighted by Gasteiger charge is 2.35. The molecule has 0 spiro atoms. The Morgan fingerprint density at radius 2 is 1.75 bits per heavy atom. The average molecular weight is 607 g/mol. The van der Waals surface area contributed by atoms with Crippen molar-refractivity contribution in [2.45, 2.75) is 50.2 Å². The van der Waals surface area contributed by atoms with Gasteiger partial charge in [-0.15, -0.1) is 0 Å². The van der Waals surface area contributed by atoms with E-state index in [0.717, 1.165) is 59.7 Å². The minimum Gasteiger partial charge on any atom is -0.385 e. The van der Waals surface area contributed by atoms with Gasteiger partial charge in [0.25, 0.3) is 5.91 Å². The Kier molecular flexibility index (Phi) is 7.78. The van der Waals surface area contributed by atoms with Crippen molar-refractivity contribution in [3.63, 3.8) is 0 Å². The van der Waals surface area contributed by atoms with Gasteiger partial charge in [-0.2, -0.15) is 5.10 Å². The summed E-state index contributed by atoms with van der Waals surface area (Å²) < 4.78 is 1.83. The van der Waals surface area contributed by atoms with Gasteiger partial charge < -0.3 is 14.9 Å². The van der Waals surface area contributed by atoms with Gasteiger partial charge in [-0.3, -0.25) is 9.78 Å². The lowest BCUT2D eigenvalue weighted by molar-refractivity contribution is 0.0118. The van der Waals surface area contributed by atoms with Crippen molar-refractivity contribution in [2.75, 3.05) is 24.5 Å². The zero-order valence-electron chi connectivity index (χ0n) is 24.5. The molecule has 2 aromatic carbocycles. The molecule has 2 saturated heterocycles. The maximum absolute atomic E-state index is 13.5. The smallest absolute Gasteiger partial charge is 0.254 e. The van der Waals surface area contributed by atoms with Crippen LogP contribution >= 0.6 is 11.6 Å². The highest BCUT2D eigenvalue weighted by molar-refractivity contribution is 6.30. The van der Waals surface area contributed by atoms with Crippen LogP contribution < -0.4 is 4.90 Å². The molecule has 0 bridgehead atoms. The van der Waals surface area contributed by atoms with E-state index in [1.54, 1.807) is 6.20 Å². The van der Waals surface area contributed by atoms with E-state index in [0.29, 0.717) is 42.9 Å². The zero-order chi connectivity index (χ0) is 30.1. The Labute approximate surface area is 261 Å². The number of carbonyl (C=O) groups is 1. The van der Waals surface area contributed by atoms with Crippen LogP contribution in [0.3, 0.4) is 0 Å². The molecule has 1 unspecified atom stereocenters. The van der Waals surface area contributed by atoms with E-state index >= 15 is 0 Å². The number of pyridine rings is 2. The van der Waals surface area contributed by atoms with Crippen LogP contribution in [-0.4, -0.2) is 55.1 Å². The third kappa shape index (κ3) is 5.67. The quantitative estimate of drug-likeness (QED) is 0.247. The number of hydrogen-bond acceptors (Lipinski definition) is 6. The van der Waals surface area contributed by atoms with Crippen molar-refractivity contribution in [2.24, 2.45) is 0 Å². The van der Waals surface area contributed by atoms with Gasteiger partial charge in [-0.25, -0.2) is 9.50 Å². The Morgan fingerprint density at radius 3 is 2.50 bits per heavy atom. The zero-order valence-corrected chi connectivity index (χ0v) is 25.3. The lowest BCUT2D eigenvalue weighted by Gasteiger charge is -2.39. The maximum atomic E-state index is 13.5. The third-order valence-corrected chi connectivity index (χ3v) is 9.35. The second-order valence-corrected chi connectivity index (χ2v) is 12.3. The molecule has 2 aliphatic rings. The molecule has 7 rings (SSSR count). The number of anilines is 1. The number of fused-ring (bicyclic) bond motifs is 1. The number of rotatable bonds is 6. The molecule has 1 N–H and O–H groups in total. The summed E-state index contributed by atoms with van der Waals surface area (Å²) in [7, 11) is 0. The van der Waals surface area contributed by atoms with Crippen LogP contribution in [0.4, 0.5) is 5.69 Å². The summed E-state index contributed by atoms with van der Waals surface area (Å²) >= 11 is 6.06. The fourth-order valence-electron chi connectivity index (χ4n) is 6.63. The highest BCUT2D eigenvalue weighted by Crippen LogP contribution is 2.36. The van der Waals surface area contributed by atoms with Gasteiger partial charge in [0.15, 0.2) is 11.5 Å². The lowest BCUT2D eigenvalue weighted by Crippen LogP contribution is -2.42. The van der Waals surface area contributed by atoms with E-state index in [2.05, 4.69) is 22.0 Å². The van der Waals surface area contributed by atoms with Gasteiger partial charge in [0, 0.05) is 55.2 Å². The number of hydrogen-bond donors (Lipinski definition) is 1. The Morgan fingerprint density at radius 1 is 0.955 bits per heavy atom. The molecule has 224 valence electrons. The van der Waals surface area contributed by atoms with Crippen LogP contribution in [0.5, 0.6) is 0 Å². The standard InChI is InChI=1S/C35H35ClN6O2/c36-29-14-12-28(13-15-29)35(44)16-21-40(22-17-35)31-7-4-20-42-33(31)38-32(39-42)23-25-8-10-26(11-9-25)34(43)41-19-2-1-6-30(41)27-5-3-18-37-24-27/h3-5,7-15,18,20,24,30,44H,1-2,6,16-17,19,21-23H2. The van der Waals surface area contributed by atoms with Gasteiger partial charge in [0.1, 0.15) is 0 Å². The van der Waals surface area contributed by atoms with Crippen LogP contribution in [0.2, 0.25) is 5.02 Å². The number of piperidine rings is 2. The molecule has 3 aromatic heterocycles. The first kappa shape index (κ1) is 28.5. The predicted octanol–water partition coefficient (Wildman–Crippen LogP) is 6.22.